The fraction of sp³-hybridized carbons (Fsp3) is 0.226. The maximum atomic E-state index is 2.50. The van der Waals surface area contributed by atoms with Gasteiger partial charge in [0, 0.05) is 22.4 Å². The molecule has 0 saturated heterocycles. The van der Waals surface area contributed by atoms with Crippen LogP contribution in [0.2, 0.25) is 0 Å². The standard InChI is InChI=1S/C62H53N/c1-60(2)57-16-10-9-15-54(57)55-31-30-53(36-58(55)60)63(52-28-23-45(24-29-52)42-11-5-3-6-12-42)59-32-25-48(34-56(59)47-13-7-4-8-14-47)46-19-17-43(18-20-46)44-21-26-49(27-22-44)61-37-41-33-50-35-51(39-61)62(50,38-41)40-61/h3-32,34,36,41,50-51H,33,35,37-40H2,1-2H3. The SMILES string of the molecule is CC1(C)c2ccccc2-c2ccc(N(c3ccc(-c4ccccc4)cc3)c3ccc(-c4ccc(-c5ccc(C67CC8CC9CC(C6)C9(C8)C7)cc5)cc4)cc3-c3ccccc3)cc21. The van der Waals surface area contributed by atoms with Crippen molar-refractivity contribution in [2.75, 3.05) is 4.90 Å². The molecule has 1 spiro atoms. The molecule has 1 heteroatoms. The minimum atomic E-state index is -0.112. The molecule has 0 aromatic heterocycles. The molecule has 5 aliphatic rings. The van der Waals surface area contributed by atoms with Crippen LogP contribution in [0, 0.1) is 23.2 Å². The van der Waals surface area contributed by atoms with Crippen molar-refractivity contribution in [3.63, 3.8) is 0 Å². The van der Waals surface area contributed by atoms with Gasteiger partial charge in [-0.3, -0.25) is 0 Å². The Labute approximate surface area is 373 Å². The van der Waals surface area contributed by atoms with Crippen molar-refractivity contribution in [1.82, 2.24) is 0 Å². The van der Waals surface area contributed by atoms with Crippen LogP contribution in [0.5, 0.6) is 0 Å². The fourth-order valence-corrected chi connectivity index (χ4v) is 14.0. The summed E-state index contributed by atoms with van der Waals surface area (Å²) < 4.78 is 0. The van der Waals surface area contributed by atoms with Crippen LogP contribution in [0.15, 0.2) is 194 Å². The molecule has 4 fully saturated rings. The van der Waals surface area contributed by atoms with Gasteiger partial charge < -0.3 is 4.90 Å². The van der Waals surface area contributed by atoms with Gasteiger partial charge in [0.15, 0.2) is 0 Å². The second-order valence-corrected chi connectivity index (χ2v) is 20.4. The molecule has 0 aliphatic heterocycles. The molecule has 63 heavy (non-hydrogen) atoms. The van der Waals surface area contributed by atoms with Gasteiger partial charge in [-0.15, -0.1) is 0 Å². The van der Waals surface area contributed by atoms with E-state index in [0.717, 1.165) is 34.8 Å². The van der Waals surface area contributed by atoms with Gasteiger partial charge in [0.25, 0.3) is 0 Å². The Kier molecular flexibility index (Phi) is 8.12. The van der Waals surface area contributed by atoms with E-state index < -0.39 is 0 Å². The summed E-state index contributed by atoms with van der Waals surface area (Å²) >= 11 is 0. The normalized spacial score (nSPS) is 24.1. The molecule has 0 amide bonds. The van der Waals surface area contributed by atoms with Crippen LogP contribution in [0.4, 0.5) is 17.1 Å². The fourth-order valence-electron chi connectivity index (χ4n) is 14.0. The molecular formula is C62H53N. The maximum absolute atomic E-state index is 2.50. The zero-order valence-electron chi connectivity index (χ0n) is 36.4. The molecule has 0 heterocycles. The van der Waals surface area contributed by atoms with Crippen molar-refractivity contribution in [2.24, 2.45) is 23.2 Å². The van der Waals surface area contributed by atoms with Gasteiger partial charge in [-0.05, 0) is 170 Å². The lowest BCUT2D eigenvalue weighted by Crippen LogP contribution is -2.42. The first-order valence-electron chi connectivity index (χ1n) is 23.5. The zero-order valence-corrected chi connectivity index (χ0v) is 36.4. The van der Waals surface area contributed by atoms with E-state index in [1.54, 1.807) is 5.56 Å². The summed E-state index contributed by atoms with van der Waals surface area (Å²) in [6, 6.07) is 72.9. The van der Waals surface area contributed by atoms with Gasteiger partial charge in [0.1, 0.15) is 0 Å². The lowest BCUT2D eigenvalue weighted by molar-refractivity contribution is -0.000160. The monoisotopic (exact) mass is 811 g/mol. The van der Waals surface area contributed by atoms with Gasteiger partial charge in [-0.25, -0.2) is 0 Å². The smallest absolute Gasteiger partial charge is 0.0540 e. The zero-order chi connectivity index (χ0) is 41.9. The van der Waals surface area contributed by atoms with Crippen LogP contribution >= 0.6 is 0 Å². The summed E-state index contributed by atoms with van der Waals surface area (Å²) in [6.45, 7) is 4.74. The first kappa shape index (κ1) is 37.1. The van der Waals surface area contributed by atoms with Crippen molar-refractivity contribution in [1.29, 1.82) is 0 Å². The Morgan fingerprint density at radius 3 is 1.71 bits per heavy atom. The van der Waals surface area contributed by atoms with Gasteiger partial charge in [-0.1, -0.05) is 172 Å². The molecule has 5 aliphatic carbocycles. The van der Waals surface area contributed by atoms with E-state index in [-0.39, 0.29) is 5.41 Å². The molecule has 5 unspecified atom stereocenters. The van der Waals surface area contributed by atoms with E-state index >= 15 is 0 Å². The highest BCUT2D eigenvalue weighted by atomic mass is 15.1. The third kappa shape index (κ3) is 5.68. The van der Waals surface area contributed by atoms with Crippen LogP contribution < -0.4 is 4.90 Å². The number of hydrogen-bond acceptors (Lipinski definition) is 1. The van der Waals surface area contributed by atoms with E-state index in [0.29, 0.717) is 10.8 Å². The Bertz CT molecular complexity index is 3030. The van der Waals surface area contributed by atoms with Crippen molar-refractivity contribution < 1.29 is 0 Å². The molecule has 8 aromatic carbocycles. The number of fused-ring (bicyclic) bond motifs is 5. The third-order valence-electron chi connectivity index (χ3n) is 16.9. The quantitative estimate of drug-likeness (QED) is 0.148. The van der Waals surface area contributed by atoms with E-state index in [2.05, 4.69) is 213 Å². The number of hydrogen-bond donors (Lipinski definition) is 0. The maximum Gasteiger partial charge on any atom is 0.0540 e. The molecule has 306 valence electrons. The number of nitrogens with zero attached hydrogens (tertiary/aromatic N) is 1. The highest BCUT2D eigenvalue weighted by Crippen LogP contribution is 2.79. The molecule has 5 atom stereocenters. The summed E-state index contributed by atoms with van der Waals surface area (Å²) in [7, 11) is 0. The first-order valence-corrected chi connectivity index (χ1v) is 23.5. The predicted octanol–water partition coefficient (Wildman–Crippen LogP) is 16.6. The highest BCUT2D eigenvalue weighted by molar-refractivity contribution is 5.93. The summed E-state index contributed by atoms with van der Waals surface area (Å²) in [4.78, 5) is 2.47. The Balaban J connectivity index is 0.873. The average Bonchev–Trinajstić information content (AvgIpc) is 3.78. The summed E-state index contributed by atoms with van der Waals surface area (Å²) in [5.41, 5.74) is 21.4. The summed E-state index contributed by atoms with van der Waals surface area (Å²) in [5, 5.41) is 0. The molecule has 4 saturated carbocycles. The second kappa shape index (κ2) is 13.8. The van der Waals surface area contributed by atoms with Crippen LogP contribution in [0.1, 0.15) is 69.1 Å². The molecule has 1 nitrogen and oxygen atoms in total. The largest absolute Gasteiger partial charge is 0.310 e. The average molecular weight is 812 g/mol. The van der Waals surface area contributed by atoms with E-state index in [4.69, 9.17) is 0 Å². The van der Waals surface area contributed by atoms with Crippen molar-refractivity contribution in [2.45, 2.75) is 63.2 Å². The summed E-state index contributed by atoms with van der Waals surface area (Å²) in [6.07, 6.45) is 8.90. The van der Waals surface area contributed by atoms with Crippen molar-refractivity contribution >= 4 is 17.1 Å². The third-order valence-corrected chi connectivity index (χ3v) is 16.9. The van der Waals surface area contributed by atoms with Gasteiger partial charge >= 0.3 is 0 Å². The Hall–Kier alpha value is -6.44. The van der Waals surface area contributed by atoms with Gasteiger partial charge in [0.05, 0.1) is 5.69 Å². The molecule has 0 radical (unpaired) electrons. The number of anilines is 3. The van der Waals surface area contributed by atoms with Gasteiger partial charge in [0.2, 0.25) is 0 Å². The van der Waals surface area contributed by atoms with E-state index in [1.165, 1.54) is 105 Å². The molecule has 8 aromatic rings. The lowest BCUT2D eigenvalue weighted by Gasteiger charge is -2.49. The second-order valence-electron chi connectivity index (χ2n) is 20.4. The lowest BCUT2D eigenvalue weighted by atomic mass is 9.55. The molecule has 3 bridgehead atoms. The van der Waals surface area contributed by atoms with Crippen LogP contribution in [0.3, 0.4) is 0 Å². The minimum absolute atomic E-state index is 0.112. The van der Waals surface area contributed by atoms with Gasteiger partial charge in [-0.2, -0.15) is 0 Å². The van der Waals surface area contributed by atoms with Crippen LogP contribution in [0.25, 0.3) is 55.6 Å². The van der Waals surface area contributed by atoms with Crippen molar-refractivity contribution in [3.05, 3.63) is 211 Å². The molecule has 13 rings (SSSR count). The Morgan fingerprint density at radius 1 is 0.413 bits per heavy atom. The number of benzene rings is 8. The van der Waals surface area contributed by atoms with Crippen LogP contribution in [-0.4, -0.2) is 0 Å². The molecular weight excluding hydrogens is 759 g/mol. The minimum Gasteiger partial charge on any atom is -0.310 e. The first-order chi connectivity index (χ1) is 30.9. The van der Waals surface area contributed by atoms with Crippen LogP contribution in [-0.2, 0) is 10.8 Å². The topological polar surface area (TPSA) is 3.24 Å². The highest BCUT2D eigenvalue weighted by Gasteiger charge is 2.70. The Morgan fingerprint density at radius 2 is 0.984 bits per heavy atom. The molecule has 0 N–H and O–H groups in total. The number of rotatable bonds is 8. The van der Waals surface area contributed by atoms with Crippen molar-refractivity contribution in [3.8, 4) is 55.6 Å². The van der Waals surface area contributed by atoms with E-state index in [1.807, 2.05) is 0 Å². The van der Waals surface area contributed by atoms with E-state index in [9.17, 15) is 0 Å². The predicted molar refractivity (Wildman–Crippen MR) is 263 cm³/mol. The summed E-state index contributed by atoms with van der Waals surface area (Å²) in [5.74, 6) is 3.01.